The normalized spacial score (nSPS) is 18.0. The van der Waals surface area contributed by atoms with Crippen molar-refractivity contribution in [3.8, 4) is 5.82 Å². The first-order valence-electron chi connectivity index (χ1n) is 10.8. The van der Waals surface area contributed by atoms with Crippen molar-refractivity contribution < 1.29 is 13.7 Å². The topological polar surface area (TPSA) is 65.3 Å². The maximum absolute atomic E-state index is 13.2. The second-order valence-electron chi connectivity index (χ2n) is 9.13. The van der Waals surface area contributed by atoms with Crippen molar-refractivity contribution in [1.82, 2.24) is 19.7 Å². The molecule has 0 bridgehead atoms. The Balaban J connectivity index is 1.49. The van der Waals surface area contributed by atoms with Crippen LogP contribution in [0.15, 0.2) is 49.1 Å². The predicted molar refractivity (Wildman–Crippen MR) is 123 cm³/mol. The van der Waals surface area contributed by atoms with Gasteiger partial charge in [-0.25, -0.2) is 19.0 Å². The highest BCUT2D eigenvalue weighted by atomic mass is 19.1. The summed E-state index contributed by atoms with van der Waals surface area (Å²) >= 11 is 0. The van der Waals surface area contributed by atoms with E-state index in [1.165, 1.54) is 10.9 Å². The highest BCUT2D eigenvalue weighted by molar-refractivity contribution is 6.62. The van der Waals surface area contributed by atoms with Gasteiger partial charge >= 0.3 is 7.12 Å². The van der Waals surface area contributed by atoms with Crippen molar-refractivity contribution in [2.45, 2.75) is 58.3 Å². The lowest BCUT2D eigenvalue weighted by molar-refractivity contribution is 0.00578. The van der Waals surface area contributed by atoms with Crippen LogP contribution < -0.4 is 10.4 Å². The first-order chi connectivity index (χ1) is 15.1. The molecule has 4 heterocycles. The number of rotatable bonds is 6. The molecule has 1 aliphatic heterocycles. The maximum atomic E-state index is 13.2. The molecule has 0 saturated carbocycles. The van der Waals surface area contributed by atoms with E-state index in [1.807, 2.05) is 65.2 Å². The highest BCUT2D eigenvalue weighted by Crippen LogP contribution is 2.36. The molecule has 0 radical (unpaired) electrons. The fourth-order valence-electron chi connectivity index (χ4n) is 3.77. The van der Waals surface area contributed by atoms with Gasteiger partial charge in [0.15, 0.2) is 11.6 Å². The lowest BCUT2D eigenvalue weighted by Gasteiger charge is -2.32. The molecule has 1 unspecified atom stereocenters. The minimum atomic E-state index is -0.433. The fraction of sp³-hybridized carbons (Fsp3) is 0.435. The Bertz CT molecular complexity index is 1050. The summed E-state index contributed by atoms with van der Waals surface area (Å²) < 4.78 is 26.9. The molecular formula is C23H29BFN5O2. The zero-order valence-electron chi connectivity index (χ0n) is 19.4. The quantitative estimate of drug-likeness (QED) is 0.549. The second-order valence-corrected chi connectivity index (χ2v) is 9.13. The van der Waals surface area contributed by atoms with Crippen LogP contribution in [0, 0.1) is 5.82 Å². The predicted octanol–water partition coefficient (Wildman–Crippen LogP) is 3.69. The lowest BCUT2D eigenvalue weighted by Crippen LogP contribution is -2.41. The molecule has 0 amide bonds. The van der Waals surface area contributed by atoms with Gasteiger partial charge < -0.3 is 14.2 Å². The smallest absolute Gasteiger partial charge is 0.399 e. The Hall–Kier alpha value is -2.78. The number of hydrogen-bond donors (Lipinski definition) is 0. The number of hydrogen-bond acceptors (Lipinski definition) is 6. The number of halogens is 1. The molecule has 0 N–H and O–H groups in total. The molecule has 3 aromatic rings. The van der Waals surface area contributed by atoms with Gasteiger partial charge in [-0.05, 0) is 51.8 Å². The molecule has 4 rings (SSSR count). The van der Waals surface area contributed by atoms with Gasteiger partial charge in [0.25, 0.3) is 0 Å². The van der Waals surface area contributed by atoms with Crippen LogP contribution in [-0.4, -0.2) is 45.1 Å². The zero-order chi connectivity index (χ0) is 23.1. The number of anilines is 1. The standard InChI is InChI=1S/C23H29BFN5O2/c1-7-19(16-8-10-21(26-12-16)30-15-18(25)14-28-30)29(6)20-11-9-17(13-27-20)24-31-22(2,3)23(4,5)32-24/h8-15,19H,7H2,1-6H3. The van der Waals surface area contributed by atoms with E-state index >= 15 is 0 Å². The number of aromatic nitrogens is 4. The van der Waals surface area contributed by atoms with Crippen LogP contribution in [0.2, 0.25) is 0 Å². The third-order valence-electron chi connectivity index (χ3n) is 6.45. The van der Waals surface area contributed by atoms with Gasteiger partial charge in [-0.3, -0.25) is 0 Å². The van der Waals surface area contributed by atoms with Crippen molar-refractivity contribution >= 4 is 18.4 Å². The summed E-state index contributed by atoms with van der Waals surface area (Å²) in [7, 11) is 1.58. The van der Waals surface area contributed by atoms with Crippen LogP contribution in [0.3, 0.4) is 0 Å². The molecule has 1 aliphatic rings. The molecule has 0 aliphatic carbocycles. The molecule has 0 spiro atoms. The summed E-state index contributed by atoms with van der Waals surface area (Å²) in [5.74, 6) is 1.02. The summed E-state index contributed by atoms with van der Waals surface area (Å²) in [6.07, 6.45) is 6.95. The molecule has 32 heavy (non-hydrogen) atoms. The Morgan fingerprint density at radius 2 is 1.75 bits per heavy atom. The molecule has 7 nitrogen and oxygen atoms in total. The lowest BCUT2D eigenvalue weighted by atomic mass is 9.80. The van der Waals surface area contributed by atoms with Crippen molar-refractivity contribution in [2.75, 3.05) is 11.9 Å². The molecule has 1 atom stereocenters. The first kappa shape index (κ1) is 22.4. The number of pyridine rings is 2. The molecular weight excluding hydrogens is 408 g/mol. The van der Waals surface area contributed by atoms with Crippen molar-refractivity contribution in [3.63, 3.8) is 0 Å². The van der Waals surface area contributed by atoms with E-state index in [0.29, 0.717) is 5.82 Å². The van der Waals surface area contributed by atoms with Crippen molar-refractivity contribution in [1.29, 1.82) is 0 Å². The van der Waals surface area contributed by atoms with Gasteiger partial charge in [0, 0.05) is 24.9 Å². The van der Waals surface area contributed by atoms with E-state index in [0.717, 1.165) is 29.5 Å². The van der Waals surface area contributed by atoms with Gasteiger partial charge in [0.05, 0.1) is 29.6 Å². The fourth-order valence-corrected chi connectivity index (χ4v) is 3.77. The van der Waals surface area contributed by atoms with Crippen LogP contribution in [0.25, 0.3) is 5.82 Å². The number of nitrogens with zero attached hydrogens (tertiary/aromatic N) is 5. The van der Waals surface area contributed by atoms with E-state index in [1.54, 1.807) is 6.20 Å². The molecule has 9 heteroatoms. The molecule has 1 saturated heterocycles. The summed E-state index contributed by atoms with van der Waals surface area (Å²) in [4.78, 5) is 11.2. The summed E-state index contributed by atoms with van der Waals surface area (Å²) in [6, 6.07) is 7.90. The minimum absolute atomic E-state index is 0.0844. The SMILES string of the molecule is CCC(c1ccc(-n2cc(F)cn2)nc1)N(C)c1ccc(B2OC(C)(C)C(C)(C)O2)cn1. The third kappa shape index (κ3) is 4.14. The van der Waals surface area contributed by atoms with Gasteiger partial charge in [0.2, 0.25) is 0 Å². The Morgan fingerprint density at radius 1 is 1.03 bits per heavy atom. The van der Waals surface area contributed by atoms with Crippen LogP contribution >= 0.6 is 0 Å². The Labute approximate surface area is 188 Å². The molecule has 168 valence electrons. The summed E-state index contributed by atoms with van der Waals surface area (Å²) in [5.41, 5.74) is 1.16. The van der Waals surface area contributed by atoms with E-state index in [-0.39, 0.29) is 17.2 Å². The summed E-state index contributed by atoms with van der Waals surface area (Å²) in [6.45, 7) is 10.3. The van der Waals surface area contributed by atoms with Crippen LogP contribution in [0.4, 0.5) is 10.2 Å². The van der Waals surface area contributed by atoms with Gasteiger partial charge in [-0.15, -0.1) is 0 Å². The van der Waals surface area contributed by atoms with Crippen LogP contribution in [0.1, 0.15) is 52.6 Å². The Kier molecular flexibility index (Phi) is 5.81. The van der Waals surface area contributed by atoms with Crippen molar-refractivity contribution in [3.05, 3.63) is 60.4 Å². The van der Waals surface area contributed by atoms with Crippen LogP contribution in [0.5, 0.6) is 0 Å². The average Bonchev–Trinajstić information content (AvgIpc) is 3.29. The molecule has 1 fully saturated rings. The monoisotopic (exact) mass is 437 g/mol. The van der Waals surface area contributed by atoms with E-state index in [4.69, 9.17) is 9.31 Å². The largest absolute Gasteiger partial charge is 0.496 e. The highest BCUT2D eigenvalue weighted by Gasteiger charge is 2.51. The molecule has 3 aromatic heterocycles. The van der Waals surface area contributed by atoms with Gasteiger partial charge in [-0.2, -0.15) is 5.10 Å². The van der Waals surface area contributed by atoms with Crippen LogP contribution in [-0.2, 0) is 9.31 Å². The second kappa shape index (κ2) is 8.29. The molecule has 0 aromatic carbocycles. The van der Waals surface area contributed by atoms with E-state index < -0.39 is 12.9 Å². The third-order valence-corrected chi connectivity index (χ3v) is 6.45. The average molecular weight is 437 g/mol. The maximum Gasteiger partial charge on any atom is 0.496 e. The van der Waals surface area contributed by atoms with Gasteiger partial charge in [0.1, 0.15) is 5.82 Å². The summed E-state index contributed by atoms with van der Waals surface area (Å²) in [5, 5.41) is 3.96. The first-order valence-corrected chi connectivity index (χ1v) is 10.8. The minimum Gasteiger partial charge on any atom is -0.399 e. The Morgan fingerprint density at radius 3 is 2.25 bits per heavy atom. The van der Waals surface area contributed by atoms with E-state index in [2.05, 4.69) is 26.9 Å². The zero-order valence-corrected chi connectivity index (χ0v) is 19.4. The van der Waals surface area contributed by atoms with Gasteiger partial charge in [-0.1, -0.05) is 19.1 Å². The van der Waals surface area contributed by atoms with E-state index in [9.17, 15) is 4.39 Å². The van der Waals surface area contributed by atoms with Crippen molar-refractivity contribution in [2.24, 2.45) is 0 Å².